The first-order valence-electron chi connectivity index (χ1n) is 10.3. The van der Waals surface area contributed by atoms with Crippen LogP contribution < -0.4 is 15.4 Å². The van der Waals surface area contributed by atoms with Crippen molar-refractivity contribution in [2.75, 3.05) is 33.0 Å². The Morgan fingerprint density at radius 2 is 1.62 bits per heavy atom. The molecule has 0 atom stereocenters. The van der Waals surface area contributed by atoms with E-state index in [0.717, 1.165) is 36.7 Å². The highest BCUT2D eigenvalue weighted by Gasteiger charge is 2.06. The van der Waals surface area contributed by atoms with Crippen molar-refractivity contribution in [3.05, 3.63) is 72.3 Å². The Balaban J connectivity index is 0.00000363. The third kappa shape index (κ3) is 7.98. The normalized spacial score (nSPS) is 11.6. The van der Waals surface area contributed by atoms with E-state index in [4.69, 9.17) is 4.74 Å². The SMILES string of the molecule is CN=C(NCCCOc1ccc2ccccc2c1)NCCc1ccc(S(C)(=O)=O)cc1.I. The molecule has 3 aromatic rings. The number of rotatable bonds is 9. The Morgan fingerprint density at radius 1 is 0.938 bits per heavy atom. The van der Waals surface area contributed by atoms with Gasteiger partial charge in [-0.15, -0.1) is 24.0 Å². The lowest BCUT2D eigenvalue weighted by Gasteiger charge is -2.12. The fourth-order valence-electron chi connectivity index (χ4n) is 3.18. The number of guanidine groups is 1. The van der Waals surface area contributed by atoms with Gasteiger partial charge in [-0.05, 0) is 53.4 Å². The van der Waals surface area contributed by atoms with E-state index in [2.05, 4.69) is 39.9 Å². The minimum absolute atomic E-state index is 0. The van der Waals surface area contributed by atoms with Gasteiger partial charge in [-0.1, -0.05) is 42.5 Å². The van der Waals surface area contributed by atoms with E-state index >= 15 is 0 Å². The van der Waals surface area contributed by atoms with Gasteiger partial charge in [0.25, 0.3) is 0 Å². The number of nitrogens with one attached hydrogen (secondary N) is 2. The molecule has 3 aromatic carbocycles. The van der Waals surface area contributed by atoms with Gasteiger partial charge in [-0.2, -0.15) is 0 Å². The first-order chi connectivity index (χ1) is 15.0. The summed E-state index contributed by atoms with van der Waals surface area (Å²) in [6.45, 7) is 2.07. The zero-order chi connectivity index (χ0) is 22.1. The summed E-state index contributed by atoms with van der Waals surface area (Å²) >= 11 is 0. The zero-order valence-corrected chi connectivity index (χ0v) is 21.5. The van der Waals surface area contributed by atoms with Gasteiger partial charge in [0.1, 0.15) is 5.75 Å². The maximum absolute atomic E-state index is 11.5. The predicted molar refractivity (Wildman–Crippen MR) is 142 cm³/mol. The van der Waals surface area contributed by atoms with Gasteiger partial charge in [0, 0.05) is 26.4 Å². The molecule has 0 aliphatic rings. The first-order valence-corrected chi connectivity index (χ1v) is 12.2. The van der Waals surface area contributed by atoms with Crippen LogP contribution >= 0.6 is 24.0 Å². The highest BCUT2D eigenvalue weighted by molar-refractivity contribution is 14.0. The lowest BCUT2D eigenvalue weighted by atomic mass is 10.1. The van der Waals surface area contributed by atoms with Gasteiger partial charge in [-0.3, -0.25) is 4.99 Å². The van der Waals surface area contributed by atoms with Crippen LogP contribution in [0, 0.1) is 0 Å². The summed E-state index contributed by atoms with van der Waals surface area (Å²) in [7, 11) is -1.42. The molecule has 32 heavy (non-hydrogen) atoms. The molecular weight excluding hydrogens is 537 g/mol. The molecular formula is C24H30IN3O3S. The summed E-state index contributed by atoms with van der Waals surface area (Å²) in [5.41, 5.74) is 1.07. The monoisotopic (exact) mass is 567 g/mol. The van der Waals surface area contributed by atoms with Crippen molar-refractivity contribution in [1.29, 1.82) is 0 Å². The Bertz CT molecular complexity index is 1130. The number of aliphatic imine (C=N–C) groups is 1. The molecule has 0 radical (unpaired) electrons. The molecule has 0 saturated heterocycles. The molecule has 8 heteroatoms. The lowest BCUT2D eigenvalue weighted by molar-refractivity contribution is 0.311. The van der Waals surface area contributed by atoms with Crippen molar-refractivity contribution in [3.8, 4) is 5.75 Å². The molecule has 0 unspecified atom stereocenters. The van der Waals surface area contributed by atoms with Crippen LogP contribution in [0.2, 0.25) is 0 Å². The molecule has 0 aliphatic heterocycles. The van der Waals surface area contributed by atoms with Crippen molar-refractivity contribution in [2.24, 2.45) is 4.99 Å². The van der Waals surface area contributed by atoms with Crippen LogP contribution in [0.25, 0.3) is 10.8 Å². The number of benzene rings is 3. The molecule has 0 bridgehead atoms. The van der Waals surface area contributed by atoms with Crippen LogP contribution in [0.15, 0.2) is 76.6 Å². The summed E-state index contributed by atoms with van der Waals surface area (Å²) in [6, 6.07) is 21.3. The summed E-state index contributed by atoms with van der Waals surface area (Å²) in [5.74, 6) is 1.61. The van der Waals surface area contributed by atoms with E-state index in [-0.39, 0.29) is 24.0 Å². The van der Waals surface area contributed by atoms with Crippen LogP contribution in [-0.4, -0.2) is 47.4 Å². The summed E-state index contributed by atoms with van der Waals surface area (Å²) in [4.78, 5) is 4.57. The molecule has 3 rings (SSSR count). The first kappa shape index (κ1) is 25.9. The van der Waals surface area contributed by atoms with Crippen LogP contribution in [0.1, 0.15) is 12.0 Å². The molecule has 0 fully saturated rings. The molecule has 6 nitrogen and oxygen atoms in total. The van der Waals surface area contributed by atoms with Gasteiger partial charge in [0.15, 0.2) is 15.8 Å². The smallest absolute Gasteiger partial charge is 0.190 e. The third-order valence-corrected chi connectivity index (χ3v) is 6.01. The highest BCUT2D eigenvalue weighted by Crippen LogP contribution is 2.20. The van der Waals surface area contributed by atoms with Gasteiger partial charge in [0.2, 0.25) is 0 Å². The van der Waals surface area contributed by atoms with E-state index in [1.807, 2.05) is 30.3 Å². The third-order valence-electron chi connectivity index (χ3n) is 4.88. The van der Waals surface area contributed by atoms with E-state index < -0.39 is 9.84 Å². The molecule has 172 valence electrons. The second-order valence-electron chi connectivity index (χ2n) is 7.30. The largest absolute Gasteiger partial charge is 0.494 e. The molecule has 0 heterocycles. The van der Waals surface area contributed by atoms with E-state index in [0.29, 0.717) is 18.0 Å². The highest BCUT2D eigenvalue weighted by atomic mass is 127. The molecule has 0 amide bonds. The van der Waals surface area contributed by atoms with E-state index in [1.165, 1.54) is 17.0 Å². The fraction of sp³-hybridized carbons (Fsp3) is 0.292. The standard InChI is InChI=1S/C24H29N3O3S.HI/c1-25-24(27-16-14-19-8-12-23(13-9-19)31(2,28)29)26-15-5-17-30-22-11-10-20-6-3-4-7-21(20)18-22;/h3-4,6-13,18H,5,14-17H2,1-2H3,(H2,25,26,27);1H. The maximum atomic E-state index is 11.5. The number of ether oxygens (including phenoxy) is 1. The Kier molecular flexibility index (Phi) is 10.2. The topological polar surface area (TPSA) is 79.8 Å². The number of hydrogen-bond donors (Lipinski definition) is 2. The minimum Gasteiger partial charge on any atom is -0.494 e. The van der Waals surface area contributed by atoms with Crippen molar-refractivity contribution in [2.45, 2.75) is 17.7 Å². The molecule has 0 saturated carbocycles. The maximum Gasteiger partial charge on any atom is 0.190 e. The van der Waals surface area contributed by atoms with Crippen molar-refractivity contribution in [3.63, 3.8) is 0 Å². The summed E-state index contributed by atoms with van der Waals surface area (Å²) in [5, 5.41) is 8.93. The second-order valence-corrected chi connectivity index (χ2v) is 9.32. The number of sulfone groups is 1. The fourth-order valence-corrected chi connectivity index (χ4v) is 3.81. The van der Waals surface area contributed by atoms with Crippen molar-refractivity contribution in [1.82, 2.24) is 10.6 Å². The zero-order valence-electron chi connectivity index (χ0n) is 18.4. The van der Waals surface area contributed by atoms with Crippen molar-refractivity contribution < 1.29 is 13.2 Å². The van der Waals surface area contributed by atoms with Gasteiger partial charge in [-0.25, -0.2) is 8.42 Å². The van der Waals surface area contributed by atoms with E-state index in [9.17, 15) is 8.42 Å². The second kappa shape index (κ2) is 12.6. The van der Waals surface area contributed by atoms with E-state index in [1.54, 1.807) is 19.2 Å². The average molecular weight is 567 g/mol. The van der Waals surface area contributed by atoms with Crippen LogP contribution in [0.3, 0.4) is 0 Å². The molecule has 0 aromatic heterocycles. The van der Waals surface area contributed by atoms with Gasteiger partial charge < -0.3 is 15.4 Å². The Labute approximate surface area is 207 Å². The minimum atomic E-state index is -3.16. The van der Waals surface area contributed by atoms with Gasteiger partial charge in [0.05, 0.1) is 11.5 Å². The number of hydrogen-bond acceptors (Lipinski definition) is 4. The number of halogens is 1. The summed E-state index contributed by atoms with van der Waals surface area (Å²) in [6.07, 6.45) is 2.84. The quantitative estimate of drug-likeness (QED) is 0.177. The Hall–Kier alpha value is -2.33. The predicted octanol–water partition coefficient (Wildman–Crippen LogP) is 4.04. The Morgan fingerprint density at radius 3 is 2.31 bits per heavy atom. The number of fused-ring (bicyclic) bond motifs is 1. The summed E-state index contributed by atoms with van der Waals surface area (Å²) < 4.78 is 28.9. The van der Waals surface area contributed by atoms with Gasteiger partial charge >= 0.3 is 0 Å². The molecule has 0 aliphatic carbocycles. The lowest BCUT2D eigenvalue weighted by Crippen LogP contribution is -2.39. The van der Waals surface area contributed by atoms with Crippen LogP contribution in [-0.2, 0) is 16.3 Å². The van der Waals surface area contributed by atoms with Crippen molar-refractivity contribution >= 4 is 50.5 Å². The molecule has 2 N–H and O–H groups in total. The number of nitrogens with zero attached hydrogens (tertiary/aromatic N) is 1. The van der Waals surface area contributed by atoms with Crippen LogP contribution in [0.5, 0.6) is 5.75 Å². The molecule has 0 spiro atoms. The van der Waals surface area contributed by atoms with Crippen LogP contribution in [0.4, 0.5) is 0 Å². The average Bonchev–Trinajstić information content (AvgIpc) is 2.77.